The van der Waals surface area contributed by atoms with E-state index in [1.165, 1.54) is 0 Å². The molecule has 2 atom stereocenters. The number of methoxy groups -OCH3 is 1. The third-order valence-corrected chi connectivity index (χ3v) is 2.09. The topological polar surface area (TPSA) is 12.5 Å². The van der Waals surface area contributed by atoms with Crippen LogP contribution in [0.3, 0.4) is 0 Å². The van der Waals surface area contributed by atoms with Gasteiger partial charge in [0.15, 0.2) is 0 Å². The Morgan fingerprint density at radius 3 is 2.42 bits per heavy atom. The minimum Gasteiger partial charge on any atom is -0.380 e. The Kier molecular flexibility index (Phi) is 6.03. The molecular weight excluding hydrogens is 150 g/mol. The number of likely N-dealkylation sites (N-methyl/N-ethyl adjacent to an activating group) is 1. The summed E-state index contributed by atoms with van der Waals surface area (Å²) in [4.78, 5) is 2.27. The van der Waals surface area contributed by atoms with Crippen LogP contribution in [0.2, 0.25) is 0 Å². The Balaban J connectivity index is 0.000000561. The van der Waals surface area contributed by atoms with E-state index in [0.717, 1.165) is 6.54 Å². The van der Waals surface area contributed by atoms with Crippen molar-refractivity contribution in [3.8, 4) is 0 Å². The third-order valence-electron chi connectivity index (χ3n) is 2.09. The Labute approximate surface area is 76.2 Å². The van der Waals surface area contributed by atoms with E-state index < -0.39 is 0 Å². The molecule has 0 aliphatic carbocycles. The van der Waals surface area contributed by atoms with Crippen molar-refractivity contribution in [2.75, 3.05) is 20.7 Å². The third kappa shape index (κ3) is 2.95. The van der Waals surface area contributed by atoms with Gasteiger partial charge in [-0.1, -0.05) is 26.0 Å². The second-order valence-electron chi connectivity index (χ2n) is 2.80. The standard InChI is InChI=1S/C8H15NO.C2H6/c1-7(10-3)8-5-4-6-9(8)2;1-2/h4-5,7-8H,6H2,1-3H3;1-2H3. The predicted molar refractivity (Wildman–Crippen MR) is 53.4 cm³/mol. The van der Waals surface area contributed by atoms with Crippen molar-refractivity contribution in [2.45, 2.75) is 32.9 Å². The minimum atomic E-state index is 0.309. The van der Waals surface area contributed by atoms with Crippen molar-refractivity contribution in [2.24, 2.45) is 0 Å². The van der Waals surface area contributed by atoms with E-state index in [9.17, 15) is 0 Å². The molecule has 0 bridgehead atoms. The van der Waals surface area contributed by atoms with Crippen LogP contribution in [-0.2, 0) is 4.74 Å². The molecule has 2 unspecified atom stereocenters. The van der Waals surface area contributed by atoms with Crippen molar-refractivity contribution in [1.29, 1.82) is 0 Å². The SMILES string of the molecule is CC.COC(C)C1C=CCN1C. The molecule has 2 nitrogen and oxygen atoms in total. The first-order valence-corrected chi connectivity index (χ1v) is 4.65. The van der Waals surface area contributed by atoms with Gasteiger partial charge in [0.05, 0.1) is 12.1 Å². The summed E-state index contributed by atoms with van der Waals surface area (Å²) in [5.74, 6) is 0. The molecule has 2 heteroatoms. The monoisotopic (exact) mass is 171 g/mol. The van der Waals surface area contributed by atoms with Gasteiger partial charge in [0, 0.05) is 13.7 Å². The van der Waals surface area contributed by atoms with Crippen LogP contribution in [0, 0.1) is 0 Å². The number of ether oxygens (including phenoxy) is 1. The Bertz CT molecular complexity index is 134. The highest BCUT2D eigenvalue weighted by molar-refractivity contribution is 5.05. The van der Waals surface area contributed by atoms with Gasteiger partial charge in [-0.25, -0.2) is 0 Å². The molecule has 0 fully saturated rings. The molecule has 0 saturated carbocycles. The van der Waals surface area contributed by atoms with Crippen molar-refractivity contribution < 1.29 is 4.74 Å². The second kappa shape index (κ2) is 6.21. The molecule has 0 saturated heterocycles. The maximum absolute atomic E-state index is 5.21. The molecule has 12 heavy (non-hydrogen) atoms. The highest BCUT2D eigenvalue weighted by Gasteiger charge is 2.21. The summed E-state index contributed by atoms with van der Waals surface area (Å²) in [6, 6.07) is 0.477. The molecule has 1 aliphatic rings. The Hall–Kier alpha value is -0.340. The van der Waals surface area contributed by atoms with Gasteiger partial charge in [-0.15, -0.1) is 0 Å². The van der Waals surface area contributed by atoms with Crippen molar-refractivity contribution >= 4 is 0 Å². The first-order chi connectivity index (χ1) is 5.75. The van der Waals surface area contributed by atoms with Crippen molar-refractivity contribution in [3.63, 3.8) is 0 Å². The summed E-state index contributed by atoms with van der Waals surface area (Å²) >= 11 is 0. The van der Waals surface area contributed by atoms with E-state index in [-0.39, 0.29) is 0 Å². The lowest BCUT2D eigenvalue weighted by Gasteiger charge is -2.24. The van der Waals surface area contributed by atoms with Crippen molar-refractivity contribution in [3.05, 3.63) is 12.2 Å². The molecule has 0 N–H and O–H groups in total. The molecule has 0 radical (unpaired) electrons. The number of rotatable bonds is 2. The number of hydrogen-bond acceptors (Lipinski definition) is 2. The molecule has 0 aromatic heterocycles. The molecular formula is C10H21NO. The average molecular weight is 171 g/mol. The second-order valence-corrected chi connectivity index (χ2v) is 2.80. The molecule has 72 valence electrons. The zero-order valence-corrected chi connectivity index (χ0v) is 8.87. The zero-order valence-electron chi connectivity index (χ0n) is 8.87. The fourth-order valence-electron chi connectivity index (χ4n) is 1.29. The zero-order chi connectivity index (χ0) is 9.56. The minimum absolute atomic E-state index is 0.309. The summed E-state index contributed by atoms with van der Waals surface area (Å²) in [5.41, 5.74) is 0. The van der Waals surface area contributed by atoms with Gasteiger partial charge >= 0.3 is 0 Å². The van der Waals surface area contributed by atoms with Gasteiger partial charge in [0.2, 0.25) is 0 Å². The van der Waals surface area contributed by atoms with Gasteiger partial charge in [-0.3, -0.25) is 4.90 Å². The van der Waals surface area contributed by atoms with Gasteiger partial charge in [0.25, 0.3) is 0 Å². The molecule has 1 aliphatic heterocycles. The largest absolute Gasteiger partial charge is 0.380 e. The van der Waals surface area contributed by atoms with E-state index in [2.05, 4.69) is 31.0 Å². The smallest absolute Gasteiger partial charge is 0.0734 e. The quantitative estimate of drug-likeness (QED) is 0.588. The van der Waals surface area contributed by atoms with Crippen LogP contribution in [-0.4, -0.2) is 37.7 Å². The van der Waals surface area contributed by atoms with Crippen LogP contribution in [0.25, 0.3) is 0 Å². The molecule has 1 rings (SSSR count). The average Bonchev–Trinajstić information content (AvgIpc) is 2.54. The van der Waals surface area contributed by atoms with Crippen LogP contribution in [0.1, 0.15) is 20.8 Å². The molecule has 0 amide bonds. The Morgan fingerprint density at radius 1 is 1.50 bits per heavy atom. The van der Waals surface area contributed by atoms with Gasteiger partial charge < -0.3 is 4.74 Å². The number of hydrogen-bond donors (Lipinski definition) is 0. The summed E-state index contributed by atoms with van der Waals surface area (Å²) < 4.78 is 5.21. The van der Waals surface area contributed by atoms with Crippen LogP contribution < -0.4 is 0 Å². The van der Waals surface area contributed by atoms with Gasteiger partial charge in [-0.05, 0) is 14.0 Å². The summed E-state index contributed by atoms with van der Waals surface area (Å²) in [6.07, 6.45) is 4.69. The van der Waals surface area contributed by atoms with E-state index in [1.54, 1.807) is 7.11 Å². The first-order valence-electron chi connectivity index (χ1n) is 4.65. The predicted octanol–water partition coefficient (Wildman–Crippen LogP) is 1.92. The highest BCUT2D eigenvalue weighted by Crippen LogP contribution is 2.12. The summed E-state index contributed by atoms with van der Waals surface area (Å²) in [6.45, 7) is 7.15. The van der Waals surface area contributed by atoms with Crippen molar-refractivity contribution in [1.82, 2.24) is 4.90 Å². The van der Waals surface area contributed by atoms with E-state index in [4.69, 9.17) is 4.74 Å². The fourth-order valence-corrected chi connectivity index (χ4v) is 1.29. The fraction of sp³-hybridized carbons (Fsp3) is 0.800. The lowest BCUT2D eigenvalue weighted by Crippen LogP contribution is -2.35. The lowest BCUT2D eigenvalue weighted by atomic mass is 10.2. The van der Waals surface area contributed by atoms with Crippen LogP contribution in [0.4, 0.5) is 0 Å². The Morgan fingerprint density at radius 2 is 2.08 bits per heavy atom. The first kappa shape index (κ1) is 11.7. The van der Waals surface area contributed by atoms with Crippen LogP contribution >= 0.6 is 0 Å². The lowest BCUT2D eigenvalue weighted by molar-refractivity contribution is 0.0652. The van der Waals surface area contributed by atoms with Gasteiger partial charge in [0.1, 0.15) is 0 Å². The number of nitrogens with zero attached hydrogens (tertiary/aromatic N) is 1. The molecule has 0 spiro atoms. The van der Waals surface area contributed by atoms with Crippen LogP contribution in [0.5, 0.6) is 0 Å². The van der Waals surface area contributed by atoms with E-state index >= 15 is 0 Å². The molecule has 0 aromatic carbocycles. The molecule has 0 aromatic rings. The maximum atomic E-state index is 5.21. The molecule has 1 heterocycles. The normalized spacial score (nSPS) is 24.9. The van der Waals surface area contributed by atoms with Crippen LogP contribution in [0.15, 0.2) is 12.2 Å². The van der Waals surface area contributed by atoms with E-state index in [1.807, 2.05) is 13.8 Å². The van der Waals surface area contributed by atoms with Gasteiger partial charge in [-0.2, -0.15) is 0 Å². The highest BCUT2D eigenvalue weighted by atomic mass is 16.5. The summed E-state index contributed by atoms with van der Waals surface area (Å²) in [5, 5.41) is 0. The van der Waals surface area contributed by atoms with E-state index in [0.29, 0.717) is 12.1 Å². The summed E-state index contributed by atoms with van der Waals surface area (Å²) in [7, 11) is 3.87. The maximum Gasteiger partial charge on any atom is 0.0734 e.